The molecular weight excluding hydrogens is 170 g/mol. The molecule has 1 N–H and O–H groups in total. The highest BCUT2D eigenvalue weighted by Crippen LogP contribution is 2.01. The van der Waals surface area contributed by atoms with Gasteiger partial charge in [0.1, 0.15) is 0 Å². The topological polar surface area (TPSA) is 12.0 Å². The van der Waals surface area contributed by atoms with E-state index in [1.54, 1.807) is 0 Å². The Hall–Kier alpha value is 0.250. The number of alkyl halides is 1. The summed E-state index contributed by atoms with van der Waals surface area (Å²) in [6.45, 7) is 7.85. The van der Waals surface area contributed by atoms with E-state index in [0.29, 0.717) is 6.04 Å². The fourth-order valence-electron chi connectivity index (χ4n) is 1.16. The Kier molecular flexibility index (Phi) is 8.04. The van der Waals surface area contributed by atoms with Gasteiger partial charge in [0.05, 0.1) is 0 Å². The minimum Gasteiger partial charge on any atom is -0.314 e. The van der Waals surface area contributed by atoms with Crippen LogP contribution >= 0.6 is 11.6 Å². The average molecular weight is 192 g/mol. The highest BCUT2D eigenvalue weighted by molar-refractivity contribution is 6.17. The zero-order valence-corrected chi connectivity index (χ0v) is 9.32. The number of nitrogens with one attached hydrogen (secondary N) is 1. The van der Waals surface area contributed by atoms with E-state index in [-0.39, 0.29) is 0 Å². The Labute approximate surface area is 81.9 Å². The quantitative estimate of drug-likeness (QED) is 0.611. The molecule has 1 atom stereocenters. The van der Waals surface area contributed by atoms with Gasteiger partial charge in [-0.1, -0.05) is 20.8 Å². The molecule has 0 bridgehead atoms. The predicted octanol–water partition coefficient (Wildman–Crippen LogP) is 3.03. The maximum Gasteiger partial charge on any atom is 0.0238 e. The summed E-state index contributed by atoms with van der Waals surface area (Å²) in [6, 6.07) is 0.626. The van der Waals surface area contributed by atoms with E-state index in [1.807, 2.05) is 0 Å². The molecular formula is C10H22ClN. The Morgan fingerprint density at radius 2 is 1.92 bits per heavy atom. The first-order valence-corrected chi connectivity index (χ1v) is 5.53. The Morgan fingerprint density at radius 3 is 2.33 bits per heavy atom. The molecule has 0 aromatic rings. The third-order valence-electron chi connectivity index (χ3n) is 2.11. The molecule has 0 spiro atoms. The molecule has 1 unspecified atom stereocenters. The molecule has 2 heteroatoms. The van der Waals surface area contributed by atoms with Crippen LogP contribution in [0.4, 0.5) is 0 Å². The van der Waals surface area contributed by atoms with Gasteiger partial charge in [-0.3, -0.25) is 0 Å². The van der Waals surface area contributed by atoms with Crippen molar-refractivity contribution in [2.24, 2.45) is 5.92 Å². The highest BCUT2D eigenvalue weighted by atomic mass is 35.5. The molecule has 0 rings (SSSR count). The van der Waals surface area contributed by atoms with Crippen LogP contribution in [-0.4, -0.2) is 18.5 Å². The first-order valence-electron chi connectivity index (χ1n) is 5.00. The predicted molar refractivity (Wildman–Crippen MR) is 56.9 cm³/mol. The second kappa shape index (κ2) is 7.88. The Bertz CT molecular complexity index is 93.8. The van der Waals surface area contributed by atoms with Gasteiger partial charge in [-0.2, -0.15) is 0 Å². The van der Waals surface area contributed by atoms with Gasteiger partial charge in [-0.05, 0) is 31.7 Å². The molecule has 0 aliphatic carbocycles. The smallest absolute Gasteiger partial charge is 0.0238 e. The van der Waals surface area contributed by atoms with Crippen LogP contribution in [-0.2, 0) is 0 Å². The second-order valence-electron chi connectivity index (χ2n) is 3.72. The van der Waals surface area contributed by atoms with E-state index in [1.165, 1.54) is 12.8 Å². The van der Waals surface area contributed by atoms with Crippen LogP contribution < -0.4 is 5.32 Å². The number of hydrogen-bond donors (Lipinski definition) is 1. The van der Waals surface area contributed by atoms with Gasteiger partial charge in [-0.25, -0.2) is 0 Å². The van der Waals surface area contributed by atoms with E-state index in [0.717, 1.165) is 24.8 Å². The summed E-state index contributed by atoms with van der Waals surface area (Å²) in [4.78, 5) is 0. The molecule has 0 aliphatic heterocycles. The van der Waals surface area contributed by atoms with Crippen molar-refractivity contribution in [3.63, 3.8) is 0 Å². The average Bonchev–Trinajstić information content (AvgIpc) is 2.02. The van der Waals surface area contributed by atoms with Gasteiger partial charge in [-0.15, -0.1) is 11.6 Å². The fraction of sp³-hybridized carbons (Fsp3) is 1.00. The van der Waals surface area contributed by atoms with Gasteiger partial charge in [0.15, 0.2) is 0 Å². The van der Waals surface area contributed by atoms with Gasteiger partial charge in [0.25, 0.3) is 0 Å². The monoisotopic (exact) mass is 191 g/mol. The SMILES string of the molecule is CCC(CCCl)NCCC(C)C. The zero-order valence-electron chi connectivity index (χ0n) is 8.57. The number of hydrogen-bond acceptors (Lipinski definition) is 1. The summed E-state index contributed by atoms with van der Waals surface area (Å²) < 4.78 is 0. The molecule has 0 saturated carbocycles. The summed E-state index contributed by atoms with van der Waals surface area (Å²) in [7, 11) is 0. The normalized spacial score (nSPS) is 13.8. The van der Waals surface area contributed by atoms with E-state index < -0.39 is 0 Å². The molecule has 0 aromatic heterocycles. The summed E-state index contributed by atoms with van der Waals surface area (Å²) in [6.07, 6.45) is 3.54. The van der Waals surface area contributed by atoms with Crippen LogP contribution in [0, 0.1) is 5.92 Å². The van der Waals surface area contributed by atoms with Gasteiger partial charge in [0.2, 0.25) is 0 Å². The van der Waals surface area contributed by atoms with E-state index >= 15 is 0 Å². The summed E-state index contributed by atoms with van der Waals surface area (Å²) in [5.74, 6) is 1.57. The molecule has 0 aromatic carbocycles. The summed E-state index contributed by atoms with van der Waals surface area (Å²) >= 11 is 5.68. The summed E-state index contributed by atoms with van der Waals surface area (Å²) in [5, 5.41) is 3.52. The molecule has 74 valence electrons. The molecule has 1 nitrogen and oxygen atoms in total. The van der Waals surface area contributed by atoms with Crippen molar-refractivity contribution in [1.82, 2.24) is 5.32 Å². The lowest BCUT2D eigenvalue weighted by molar-refractivity contribution is 0.451. The van der Waals surface area contributed by atoms with Crippen LogP contribution in [0.5, 0.6) is 0 Å². The van der Waals surface area contributed by atoms with Crippen molar-refractivity contribution in [2.45, 2.75) is 46.1 Å². The fourth-order valence-corrected chi connectivity index (χ4v) is 1.42. The lowest BCUT2D eigenvalue weighted by atomic mass is 10.1. The summed E-state index contributed by atoms with van der Waals surface area (Å²) in [5.41, 5.74) is 0. The van der Waals surface area contributed by atoms with Crippen molar-refractivity contribution in [3.8, 4) is 0 Å². The third kappa shape index (κ3) is 6.93. The molecule has 0 amide bonds. The molecule has 0 saturated heterocycles. The molecule has 0 fully saturated rings. The standard InChI is InChI=1S/C10H22ClN/c1-4-10(5-7-11)12-8-6-9(2)3/h9-10,12H,4-8H2,1-3H3. The first-order chi connectivity index (χ1) is 5.70. The highest BCUT2D eigenvalue weighted by Gasteiger charge is 2.03. The molecule has 0 radical (unpaired) electrons. The molecule has 0 aliphatic rings. The third-order valence-corrected chi connectivity index (χ3v) is 2.32. The van der Waals surface area contributed by atoms with Crippen molar-refractivity contribution in [2.75, 3.05) is 12.4 Å². The minimum atomic E-state index is 0.626. The van der Waals surface area contributed by atoms with Crippen LogP contribution in [0.15, 0.2) is 0 Å². The van der Waals surface area contributed by atoms with Crippen molar-refractivity contribution in [1.29, 1.82) is 0 Å². The molecule has 12 heavy (non-hydrogen) atoms. The van der Waals surface area contributed by atoms with Gasteiger partial charge in [0, 0.05) is 11.9 Å². The second-order valence-corrected chi connectivity index (χ2v) is 4.10. The zero-order chi connectivity index (χ0) is 9.40. The van der Waals surface area contributed by atoms with Crippen molar-refractivity contribution < 1.29 is 0 Å². The number of rotatable bonds is 7. The number of halogens is 1. The van der Waals surface area contributed by atoms with Crippen LogP contribution in [0.1, 0.15) is 40.0 Å². The Morgan fingerprint density at radius 1 is 1.25 bits per heavy atom. The largest absolute Gasteiger partial charge is 0.314 e. The van der Waals surface area contributed by atoms with E-state index in [2.05, 4.69) is 26.1 Å². The van der Waals surface area contributed by atoms with Crippen LogP contribution in [0.3, 0.4) is 0 Å². The van der Waals surface area contributed by atoms with Crippen LogP contribution in [0.25, 0.3) is 0 Å². The first kappa shape index (κ1) is 12.2. The Balaban J connectivity index is 3.31. The van der Waals surface area contributed by atoms with Gasteiger partial charge < -0.3 is 5.32 Å². The van der Waals surface area contributed by atoms with E-state index in [9.17, 15) is 0 Å². The lowest BCUT2D eigenvalue weighted by Crippen LogP contribution is -2.30. The van der Waals surface area contributed by atoms with Gasteiger partial charge >= 0.3 is 0 Å². The van der Waals surface area contributed by atoms with E-state index in [4.69, 9.17) is 11.6 Å². The maximum absolute atomic E-state index is 5.68. The van der Waals surface area contributed by atoms with Crippen molar-refractivity contribution >= 4 is 11.6 Å². The molecule has 0 heterocycles. The van der Waals surface area contributed by atoms with Crippen LogP contribution in [0.2, 0.25) is 0 Å². The van der Waals surface area contributed by atoms with Crippen molar-refractivity contribution in [3.05, 3.63) is 0 Å². The minimum absolute atomic E-state index is 0.626. The lowest BCUT2D eigenvalue weighted by Gasteiger charge is -2.16. The maximum atomic E-state index is 5.68.